The van der Waals surface area contributed by atoms with E-state index in [1.54, 1.807) is 11.1 Å². The molecule has 0 bridgehead atoms. The monoisotopic (exact) mass is 677 g/mol. The first-order valence-electron chi connectivity index (χ1n) is 19.5. The van der Waals surface area contributed by atoms with Gasteiger partial charge in [-0.3, -0.25) is 0 Å². The van der Waals surface area contributed by atoms with Crippen LogP contribution < -0.4 is 0 Å². The molecule has 0 radical (unpaired) electrons. The minimum Gasteiger partial charge on any atom is -0.0625 e. The quantitative estimate of drug-likeness (QED) is 0.302. The normalized spacial score (nSPS) is 21.2. The van der Waals surface area contributed by atoms with Gasteiger partial charge in [0.25, 0.3) is 0 Å². The number of hydrogen-bond acceptors (Lipinski definition) is 0. The molecule has 0 aromatic heterocycles. The lowest BCUT2D eigenvalue weighted by Crippen LogP contribution is -2.17. The summed E-state index contributed by atoms with van der Waals surface area (Å²) in [5, 5.41) is 0. The zero-order valence-corrected chi connectivity index (χ0v) is 35.9. The number of fused-ring (bicyclic) bond motifs is 2. The summed E-state index contributed by atoms with van der Waals surface area (Å²) >= 11 is 0. The fourth-order valence-electron chi connectivity index (χ4n) is 10.4. The van der Waals surface area contributed by atoms with Gasteiger partial charge in [-0.25, -0.2) is 0 Å². The highest BCUT2D eigenvalue weighted by atomic mass is 14.4. The molecule has 0 fully saturated rings. The van der Waals surface area contributed by atoms with Crippen molar-refractivity contribution in [2.75, 3.05) is 0 Å². The lowest BCUT2D eigenvalue weighted by molar-refractivity contribution is 0.841. The smallest absolute Gasteiger partial charge is 0.00353 e. The molecular weight excluding hydrogens is 613 g/mol. The van der Waals surface area contributed by atoms with E-state index in [2.05, 4.69) is 138 Å². The second kappa shape index (κ2) is 12.5. The SMILES string of the molecule is CC1=C(C)C2=C(c3c(C)c(C)c(C)c(C)c3C)C(C)C(C)=C(C)C2=C1CC1=C2C(C)=C(C)C(C)C(c3c(C)c(C)c(C)c(C)c3C)=C2C(C)=C1C. The Morgan fingerprint density at radius 2 is 0.549 bits per heavy atom. The number of allylic oxidation sites excluding steroid dienone is 16. The fraction of sp³-hybridized carbons (Fsp3) is 0.451. The van der Waals surface area contributed by atoms with E-state index in [0.29, 0.717) is 11.8 Å². The third-order valence-electron chi connectivity index (χ3n) is 15.4. The lowest BCUT2D eigenvalue weighted by atomic mass is 9.70. The van der Waals surface area contributed by atoms with Gasteiger partial charge in [0.05, 0.1) is 0 Å². The van der Waals surface area contributed by atoms with E-state index in [4.69, 9.17) is 0 Å². The largest absolute Gasteiger partial charge is 0.0625 e. The van der Waals surface area contributed by atoms with Gasteiger partial charge in [0.15, 0.2) is 0 Å². The van der Waals surface area contributed by atoms with Gasteiger partial charge < -0.3 is 0 Å². The molecule has 0 saturated carbocycles. The van der Waals surface area contributed by atoms with Crippen LogP contribution in [0.2, 0.25) is 0 Å². The summed E-state index contributed by atoms with van der Waals surface area (Å²) in [6.45, 7) is 47.5. The summed E-state index contributed by atoms with van der Waals surface area (Å²) < 4.78 is 0. The van der Waals surface area contributed by atoms with Crippen LogP contribution >= 0.6 is 0 Å². The van der Waals surface area contributed by atoms with Crippen LogP contribution in [0, 0.1) is 81.1 Å². The van der Waals surface area contributed by atoms with Crippen LogP contribution in [-0.4, -0.2) is 0 Å². The molecule has 0 nitrogen and oxygen atoms in total. The Kier molecular flexibility index (Phi) is 9.10. The second-order valence-electron chi connectivity index (χ2n) is 17.0. The van der Waals surface area contributed by atoms with Crippen molar-refractivity contribution >= 4 is 11.1 Å². The molecule has 0 N–H and O–H groups in total. The Bertz CT molecular complexity index is 2060. The van der Waals surface area contributed by atoms with Crippen molar-refractivity contribution in [3.8, 4) is 0 Å². The topological polar surface area (TPSA) is 0 Å². The molecule has 51 heavy (non-hydrogen) atoms. The highest BCUT2D eigenvalue weighted by molar-refractivity contribution is 5.93. The van der Waals surface area contributed by atoms with Gasteiger partial charge in [-0.1, -0.05) is 25.0 Å². The van der Waals surface area contributed by atoms with Crippen molar-refractivity contribution in [3.63, 3.8) is 0 Å². The van der Waals surface area contributed by atoms with Crippen molar-refractivity contribution in [2.24, 2.45) is 11.8 Å². The Morgan fingerprint density at radius 1 is 0.294 bits per heavy atom. The van der Waals surface area contributed by atoms with Gasteiger partial charge in [0.2, 0.25) is 0 Å². The maximum atomic E-state index is 2.46. The first-order valence-corrected chi connectivity index (χ1v) is 19.5. The maximum absolute atomic E-state index is 2.46. The number of rotatable bonds is 4. The summed E-state index contributed by atoms with van der Waals surface area (Å²) in [6.07, 6.45) is 0.969. The van der Waals surface area contributed by atoms with Crippen molar-refractivity contribution in [2.45, 2.75) is 145 Å². The van der Waals surface area contributed by atoms with Gasteiger partial charge in [0, 0.05) is 11.8 Å². The van der Waals surface area contributed by atoms with E-state index in [-0.39, 0.29) is 0 Å². The molecule has 268 valence electrons. The van der Waals surface area contributed by atoms with Crippen LogP contribution in [0.15, 0.2) is 78.0 Å². The Labute approximate surface area is 311 Å². The van der Waals surface area contributed by atoms with Crippen molar-refractivity contribution in [1.29, 1.82) is 0 Å². The lowest BCUT2D eigenvalue weighted by Gasteiger charge is -2.34. The molecule has 0 heteroatoms. The Hall–Kier alpha value is -3.64. The molecule has 4 aliphatic carbocycles. The van der Waals surface area contributed by atoms with Crippen LogP contribution in [0.3, 0.4) is 0 Å². The Morgan fingerprint density at radius 3 is 0.824 bits per heavy atom. The van der Waals surface area contributed by atoms with E-state index in [1.807, 2.05) is 0 Å². The van der Waals surface area contributed by atoms with E-state index in [0.717, 1.165) is 6.42 Å². The van der Waals surface area contributed by atoms with E-state index in [9.17, 15) is 0 Å². The molecule has 2 aromatic carbocycles. The summed E-state index contributed by atoms with van der Waals surface area (Å²) in [7, 11) is 0. The van der Waals surface area contributed by atoms with Crippen LogP contribution in [0.1, 0.15) is 142 Å². The van der Waals surface area contributed by atoms with Gasteiger partial charge in [-0.15, -0.1) is 0 Å². The molecule has 0 aliphatic heterocycles. The molecule has 2 unspecified atom stereocenters. The van der Waals surface area contributed by atoms with Crippen molar-refractivity contribution < 1.29 is 0 Å². The predicted molar refractivity (Wildman–Crippen MR) is 225 cm³/mol. The van der Waals surface area contributed by atoms with Gasteiger partial charge >= 0.3 is 0 Å². The van der Waals surface area contributed by atoms with Crippen LogP contribution in [0.25, 0.3) is 11.1 Å². The molecular formula is C51H64. The maximum Gasteiger partial charge on any atom is 0.00353 e. The summed E-state index contributed by atoms with van der Waals surface area (Å²) in [5.74, 6) is 0.750. The van der Waals surface area contributed by atoms with Crippen molar-refractivity contribution in [3.05, 3.63) is 145 Å². The molecule has 0 heterocycles. The van der Waals surface area contributed by atoms with Crippen LogP contribution in [0.5, 0.6) is 0 Å². The summed E-state index contributed by atoms with van der Waals surface area (Å²) in [6, 6.07) is 0. The molecule has 4 aliphatic rings. The molecule has 2 aromatic rings. The molecule has 6 rings (SSSR count). The summed E-state index contributed by atoms with van der Waals surface area (Å²) in [4.78, 5) is 0. The van der Waals surface area contributed by atoms with E-state index >= 15 is 0 Å². The highest BCUT2D eigenvalue weighted by Crippen LogP contribution is 2.58. The van der Waals surface area contributed by atoms with Crippen LogP contribution in [0.4, 0.5) is 0 Å². The van der Waals surface area contributed by atoms with E-state index in [1.165, 1.54) is 145 Å². The standard InChI is InChI=1S/C51H64/c1-22-24(3)32(11)44(33(12)25(22)4)48-38(17)28(7)36(15)46-42(30(9)40(19)50(46)48)21-43-31(10)41(20)51-47(43)37(16)29(8)39(18)49(51)45-34(13)26(5)23(2)27(6)35(45)14/h38-39H,21H2,1-20H3. The van der Waals surface area contributed by atoms with Crippen LogP contribution in [-0.2, 0) is 0 Å². The first kappa shape index (κ1) is 37.1. The van der Waals surface area contributed by atoms with Gasteiger partial charge in [-0.2, -0.15) is 0 Å². The summed E-state index contributed by atoms with van der Waals surface area (Å²) in [5.41, 5.74) is 41.6. The second-order valence-corrected chi connectivity index (χ2v) is 17.0. The zero-order valence-electron chi connectivity index (χ0n) is 35.9. The zero-order chi connectivity index (χ0) is 38.0. The van der Waals surface area contributed by atoms with Gasteiger partial charge in [-0.05, 0) is 276 Å². The molecule has 2 atom stereocenters. The third-order valence-corrected chi connectivity index (χ3v) is 15.4. The minimum atomic E-state index is 0.375. The fourth-order valence-corrected chi connectivity index (χ4v) is 10.4. The Balaban J connectivity index is 1.68. The average Bonchev–Trinajstić information content (AvgIpc) is 3.49. The van der Waals surface area contributed by atoms with Crippen molar-refractivity contribution in [1.82, 2.24) is 0 Å². The molecule has 0 amide bonds. The minimum absolute atomic E-state index is 0.375. The number of benzene rings is 2. The average molecular weight is 677 g/mol. The molecule has 0 spiro atoms. The highest BCUT2D eigenvalue weighted by Gasteiger charge is 2.40. The first-order chi connectivity index (χ1) is 23.7. The van der Waals surface area contributed by atoms with E-state index < -0.39 is 0 Å². The third kappa shape index (κ3) is 4.91. The molecule has 0 saturated heterocycles. The van der Waals surface area contributed by atoms with Gasteiger partial charge in [0.1, 0.15) is 0 Å². The number of hydrogen-bond donors (Lipinski definition) is 0. The predicted octanol–water partition coefficient (Wildman–Crippen LogP) is 14.6.